The lowest BCUT2D eigenvalue weighted by Crippen LogP contribution is -2.43. The summed E-state index contributed by atoms with van der Waals surface area (Å²) in [7, 11) is 0. The van der Waals surface area contributed by atoms with Crippen LogP contribution in [0.15, 0.2) is 53.5 Å². The Balaban J connectivity index is 2.22. The first-order valence-corrected chi connectivity index (χ1v) is 7.49. The zero-order valence-electron chi connectivity index (χ0n) is 13.5. The van der Waals surface area contributed by atoms with Gasteiger partial charge in [0.1, 0.15) is 22.8 Å². The van der Waals surface area contributed by atoms with Crippen LogP contribution in [0.2, 0.25) is 0 Å². The molecular formula is C17H13N3O6. The second-order valence-corrected chi connectivity index (χ2v) is 5.54. The van der Waals surface area contributed by atoms with Crippen LogP contribution < -0.4 is 4.90 Å². The molecule has 0 fully saturated rings. The highest BCUT2D eigenvalue weighted by molar-refractivity contribution is 6.18. The van der Waals surface area contributed by atoms with Gasteiger partial charge in [0.25, 0.3) is 11.8 Å². The first-order chi connectivity index (χ1) is 12.3. The van der Waals surface area contributed by atoms with Crippen LogP contribution in [0.5, 0.6) is 0 Å². The molecular weight excluding hydrogens is 342 g/mol. The van der Waals surface area contributed by atoms with Crippen LogP contribution in [-0.2, 0) is 14.4 Å². The van der Waals surface area contributed by atoms with E-state index in [-0.39, 0.29) is 34.9 Å². The van der Waals surface area contributed by atoms with Crippen molar-refractivity contribution < 1.29 is 29.4 Å². The van der Waals surface area contributed by atoms with Gasteiger partial charge in [0.15, 0.2) is 0 Å². The number of hydrogen-bond donors (Lipinski definition) is 2. The maximum absolute atomic E-state index is 12.4. The fourth-order valence-corrected chi connectivity index (χ4v) is 2.74. The molecule has 1 aromatic heterocycles. The second-order valence-electron chi connectivity index (χ2n) is 5.54. The lowest BCUT2D eigenvalue weighted by molar-refractivity contribution is -0.135. The van der Waals surface area contributed by atoms with E-state index in [9.17, 15) is 29.4 Å². The normalized spacial score (nSPS) is 17.0. The van der Waals surface area contributed by atoms with Crippen molar-refractivity contribution in [2.75, 3.05) is 11.4 Å². The Hall–Kier alpha value is -3.75. The Morgan fingerprint density at radius 3 is 2.50 bits per heavy atom. The van der Waals surface area contributed by atoms with Crippen molar-refractivity contribution in [3.8, 4) is 0 Å². The minimum atomic E-state index is -1.36. The predicted octanol–water partition coefficient (Wildman–Crippen LogP) is 0.767. The molecule has 3 heterocycles. The van der Waals surface area contributed by atoms with Crippen LogP contribution in [0.1, 0.15) is 17.3 Å². The molecule has 0 radical (unpaired) electrons. The van der Waals surface area contributed by atoms with Gasteiger partial charge < -0.3 is 15.1 Å². The quantitative estimate of drug-likeness (QED) is 0.758. The molecule has 9 nitrogen and oxygen atoms in total. The van der Waals surface area contributed by atoms with Gasteiger partial charge >= 0.3 is 11.9 Å². The summed E-state index contributed by atoms with van der Waals surface area (Å²) in [6.45, 7) is 1.48. The van der Waals surface area contributed by atoms with E-state index >= 15 is 0 Å². The number of carboxylic acids is 2. The molecule has 1 aromatic rings. The van der Waals surface area contributed by atoms with Crippen LogP contribution in [0.4, 0.5) is 5.82 Å². The monoisotopic (exact) mass is 355 g/mol. The maximum Gasteiger partial charge on any atom is 0.339 e. The first kappa shape index (κ1) is 17.1. The third-order valence-corrected chi connectivity index (χ3v) is 3.88. The highest BCUT2D eigenvalue weighted by Gasteiger charge is 2.39. The number of hydrogen-bond acceptors (Lipinski definition) is 6. The van der Waals surface area contributed by atoms with Crippen LogP contribution in [0.3, 0.4) is 0 Å². The van der Waals surface area contributed by atoms with Gasteiger partial charge in [0.2, 0.25) is 0 Å². The van der Waals surface area contributed by atoms with Gasteiger partial charge in [-0.3, -0.25) is 9.59 Å². The van der Waals surface area contributed by atoms with E-state index in [0.717, 1.165) is 11.0 Å². The summed E-state index contributed by atoms with van der Waals surface area (Å²) in [6, 6.07) is 2.73. The molecule has 0 spiro atoms. The molecule has 0 atom stereocenters. The van der Waals surface area contributed by atoms with Gasteiger partial charge in [0, 0.05) is 24.4 Å². The van der Waals surface area contributed by atoms with E-state index in [1.165, 1.54) is 42.3 Å². The number of nitrogens with zero attached hydrogens (tertiary/aromatic N) is 3. The molecule has 3 rings (SSSR count). The zero-order chi connectivity index (χ0) is 19.0. The Morgan fingerprint density at radius 1 is 1.19 bits per heavy atom. The van der Waals surface area contributed by atoms with Crippen molar-refractivity contribution >= 4 is 29.6 Å². The molecule has 0 saturated carbocycles. The zero-order valence-corrected chi connectivity index (χ0v) is 13.5. The van der Waals surface area contributed by atoms with E-state index in [2.05, 4.69) is 4.98 Å². The van der Waals surface area contributed by atoms with Crippen molar-refractivity contribution in [3.63, 3.8) is 0 Å². The second kappa shape index (κ2) is 6.28. The fourth-order valence-electron chi connectivity index (χ4n) is 2.74. The van der Waals surface area contributed by atoms with E-state index in [1.54, 1.807) is 0 Å². The molecule has 9 heteroatoms. The summed E-state index contributed by atoms with van der Waals surface area (Å²) in [6.07, 6.45) is 5.20. The smallest absolute Gasteiger partial charge is 0.339 e. The van der Waals surface area contributed by atoms with Crippen molar-refractivity contribution in [3.05, 3.63) is 59.1 Å². The summed E-state index contributed by atoms with van der Waals surface area (Å²) in [5, 5.41) is 18.9. The molecule has 2 aliphatic rings. The number of amides is 2. The number of anilines is 1. The van der Waals surface area contributed by atoms with Crippen molar-refractivity contribution in [2.45, 2.75) is 6.92 Å². The van der Waals surface area contributed by atoms with Gasteiger partial charge in [-0.2, -0.15) is 0 Å². The standard InChI is InChI=1S/C17H13N3O6/c1-9-8-12(21)20(15(9)22)14-11(17(25)26)5-3-7-19(14)13-10(16(23)24)4-2-6-18-13/h2-6,8H,7H2,1H3,(H,23,24)(H,25,26). The summed E-state index contributed by atoms with van der Waals surface area (Å²) in [5.41, 5.74) is -0.349. The van der Waals surface area contributed by atoms with Crippen LogP contribution >= 0.6 is 0 Å². The largest absolute Gasteiger partial charge is 0.478 e. The number of aromatic carboxylic acids is 1. The number of aromatic nitrogens is 1. The molecule has 2 aliphatic heterocycles. The highest BCUT2D eigenvalue weighted by atomic mass is 16.4. The fraction of sp³-hybridized carbons (Fsp3) is 0.118. The Bertz CT molecular complexity index is 944. The van der Waals surface area contributed by atoms with E-state index in [1.807, 2.05) is 0 Å². The average molecular weight is 355 g/mol. The number of carboxylic acid groups (broad SMARTS) is 2. The van der Waals surface area contributed by atoms with Crippen LogP contribution in [-0.4, -0.2) is 50.4 Å². The Kier molecular flexibility index (Phi) is 4.13. The summed E-state index contributed by atoms with van der Waals surface area (Å²) in [4.78, 5) is 53.8. The number of aliphatic carboxylic acids is 1. The van der Waals surface area contributed by atoms with Gasteiger partial charge in [-0.15, -0.1) is 0 Å². The number of imide groups is 1. The molecule has 132 valence electrons. The molecule has 0 aromatic carbocycles. The topological polar surface area (TPSA) is 128 Å². The minimum absolute atomic E-state index is 0.0412. The molecule has 0 unspecified atom stereocenters. The molecule has 2 N–H and O–H groups in total. The van der Waals surface area contributed by atoms with Crippen molar-refractivity contribution in [1.29, 1.82) is 0 Å². The number of rotatable bonds is 4. The Labute approximate surface area is 147 Å². The van der Waals surface area contributed by atoms with E-state index in [0.29, 0.717) is 0 Å². The van der Waals surface area contributed by atoms with Crippen molar-refractivity contribution in [2.24, 2.45) is 0 Å². The van der Waals surface area contributed by atoms with Gasteiger partial charge in [0.05, 0.1) is 0 Å². The SMILES string of the molecule is CC1=CC(=O)N(C2=C(C(=O)O)C=CCN2c2ncccc2C(=O)O)C1=O. The van der Waals surface area contributed by atoms with Crippen molar-refractivity contribution in [1.82, 2.24) is 9.88 Å². The molecule has 0 bridgehead atoms. The minimum Gasteiger partial charge on any atom is -0.478 e. The molecule has 0 aliphatic carbocycles. The van der Waals surface area contributed by atoms with Gasteiger partial charge in [-0.25, -0.2) is 19.5 Å². The Morgan fingerprint density at radius 2 is 1.92 bits per heavy atom. The number of carbonyl (C=O) groups is 4. The molecule has 2 amide bonds. The predicted molar refractivity (Wildman–Crippen MR) is 88.0 cm³/mol. The lowest BCUT2D eigenvalue weighted by atomic mass is 10.1. The van der Waals surface area contributed by atoms with Gasteiger partial charge in [-0.1, -0.05) is 6.08 Å². The van der Waals surface area contributed by atoms with E-state index in [4.69, 9.17) is 0 Å². The molecule has 0 saturated heterocycles. The molecule has 26 heavy (non-hydrogen) atoms. The van der Waals surface area contributed by atoms with Crippen LogP contribution in [0.25, 0.3) is 0 Å². The maximum atomic E-state index is 12.4. The van der Waals surface area contributed by atoms with Crippen LogP contribution in [0, 0.1) is 0 Å². The highest BCUT2D eigenvalue weighted by Crippen LogP contribution is 2.31. The van der Waals surface area contributed by atoms with Gasteiger partial charge in [-0.05, 0) is 25.1 Å². The number of carbonyl (C=O) groups excluding carboxylic acids is 2. The number of pyridine rings is 1. The third kappa shape index (κ3) is 2.65. The summed E-state index contributed by atoms with van der Waals surface area (Å²) in [5.74, 6) is -4.30. The average Bonchev–Trinajstić information content (AvgIpc) is 2.86. The third-order valence-electron chi connectivity index (χ3n) is 3.88. The summed E-state index contributed by atoms with van der Waals surface area (Å²) < 4.78 is 0. The summed E-state index contributed by atoms with van der Waals surface area (Å²) >= 11 is 0. The lowest BCUT2D eigenvalue weighted by Gasteiger charge is -2.33. The first-order valence-electron chi connectivity index (χ1n) is 7.49. The van der Waals surface area contributed by atoms with E-state index < -0.39 is 23.8 Å².